The summed E-state index contributed by atoms with van der Waals surface area (Å²) in [6.45, 7) is 3.95. The topological polar surface area (TPSA) is 93.0 Å². The number of carboxylic acid groups (broad SMARTS) is 1. The molecule has 1 aliphatic rings. The van der Waals surface area contributed by atoms with E-state index in [-0.39, 0.29) is 18.7 Å². The third-order valence-corrected chi connectivity index (χ3v) is 4.11. The zero-order valence-electron chi connectivity index (χ0n) is 12.8. The van der Waals surface area contributed by atoms with Crippen molar-refractivity contribution in [3.8, 4) is 0 Å². The molecule has 0 aromatic heterocycles. The van der Waals surface area contributed by atoms with Crippen molar-refractivity contribution in [1.29, 1.82) is 0 Å². The predicted octanol–water partition coefficient (Wildman–Crippen LogP) is 1.39. The quantitative estimate of drug-likeness (QED) is 0.634. The minimum absolute atomic E-state index is 0.177. The number of aliphatic hydroxyl groups excluding tert-OH is 2. The smallest absolute Gasteiger partial charge is 0.335 e. The van der Waals surface area contributed by atoms with E-state index in [1.165, 1.54) is 0 Å². The molecule has 6 nitrogen and oxygen atoms in total. The third-order valence-electron chi connectivity index (χ3n) is 4.11. The third kappa shape index (κ3) is 4.11. The molecule has 6 heteroatoms. The maximum atomic E-state index is 11.1. The minimum Gasteiger partial charge on any atom is -0.478 e. The number of anilines is 2. The highest BCUT2D eigenvalue weighted by Crippen LogP contribution is 2.31. The van der Waals surface area contributed by atoms with Crippen LogP contribution in [-0.2, 0) is 0 Å². The number of nitrogens with zero attached hydrogens (tertiary/aromatic N) is 1. The standard InChI is InChI=1S/C16H24N2O4/c1-11-4-6-18(7-5-11)15-3-2-12(16(21)22)8-14(15)17-9-13(20)10-19/h2-3,8,11,13,17,19-20H,4-7,9-10H2,1H3,(H,21,22). The monoisotopic (exact) mass is 308 g/mol. The molecule has 1 aromatic carbocycles. The average Bonchev–Trinajstić information content (AvgIpc) is 2.53. The minimum atomic E-state index is -0.982. The molecule has 1 aromatic rings. The molecule has 0 radical (unpaired) electrons. The average molecular weight is 308 g/mol. The van der Waals surface area contributed by atoms with Gasteiger partial charge in [0.25, 0.3) is 0 Å². The number of rotatable bonds is 6. The summed E-state index contributed by atoms with van der Waals surface area (Å²) in [6, 6.07) is 5.00. The molecule has 4 N–H and O–H groups in total. The Labute approximate surface area is 130 Å². The summed E-state index contributed by atoms with van der Waals surface area (Å²) in [5, 5.41) is 30.6. The van der Waals surface area contributed by atoms with E-state index in [0.717, 1.165) is 31.6 Å². The molecule has 2 rings (SSSR count). The molecule has 1 atom stereocenters. The van der Waals surface area contributed by atoms with Crippen LogP contribution in [0, 0.1) is 5.92 Å². The Morgan fingerprint density at radius 2 is 2.09 bits per heavy atom. The fourth-order valence-corrected chi connectivity index (χ4v) is 2.63. The van der Waals surface area contributed by atoms with E-state index >= 15 is 0 Å². The van der Waals surface area contributed by atoms with Crippen molar-refractivity contribution in [1.82, 2.24) is 0 Å². The molecule has 0 aliphatic carbocycles. The van der Waals surface area contributed by atoms with Crippen LogP contribution in [0.25, 0.3) is 0 Å². The largest absolute Gasteiger partial charge is 0.478 e. The van der Waals surface area contributed by atoms with Crippen LogP contribution >= 0.6 is 0 Å². The lowest BCUT2D eigenvalue weighted by Crippen LogP contribution is -2.33. The van der Waals surface area contributed by atoms with E-state index < -0.39 is 12.1 Å². The Balaban J connectivity index is 2.21. The van der Waals surface area contributed by atoms with Gasteiger partial charge in [0.2, 0.25) is 0 Å². The first-order valence-electron chi connectivity index (χ1n) is 7.66. The molecule has 1 heterocycles. The zero-order chi connectivity index (χ0) is 16.1. The molecule has 1 fully saturated rings. The van der Waals surface area contributed by atoms with Crippen molar-refractivity contribution in [3.05, 3.63) is 23.8 Å². The fourth-order valence-electron chi connectivity index (χ4n) is 2.63. The predicted molar refractivity (Wildman–Crippen MR) is 85.6 cm³/mol. The van der Waals surface area contributed by atoms with E-state index in [1.54, 1.807) is 12.1 Å². The van der Waals surface area contributed by atoms with Crippen LogP contribution in [0.15, 0.2) is 18.2 Å². The maximum Gasteiger partial charge on any atom is 0.335 e. The van der Waals surface area contributed by atoms with Crippen molar-refractivity contribution < 1.29 is 20.1 Å². The Morgan fingerprint density at radius 3 is 2.68 bits per heavy atom. The van der Waals surface area contributed by atoms with Crippen molar-refractivity contribution in [2.45, 2.75) is 25.9 Å². The summed E-state index contributed by atoms with van der Waals surface area (Å²) in [7, 11) is 0. The maximum absolute atomic E-state index is 11.1. The molecule has 1 unspecified atom stereocenters. The highest BCUT2D eigenvalue weighted by atomic mass is 16.4. The summed E-state index contributed by atoms with van der Waals surface area (Å²) in [6.07, 6.45) is 1.35. The van der Waals surface area contributed by atoms with Crippen LogP contribution in [0.4, 0.5) is 11.4 Å². The van der Waals surface area contributed by atoms with Gasteiger partial charge in [0, 0.05) is 19.6 Å². The van der Waals surface area contributed by atoms with E-state index in [2.05, 4.69) is 17.1 Å². The summed E-state index contributed by atoms with van der Waals surface area (Å²) < 4.78 is 0. The first-order chi connectivity index (χ1) is 10.5. The van der Waals surface area contributed by atoms with E-state index in [4.69, 9.17) is 10.2 Å². The number of carbonyl (C=O) groups is 1. The molecular weight excluding hydrogens is 284 g/mol. The summed E-state index contributed by atoms with van der Waals surface area (Å²) in [5.41, 5.74) is 1.83. The van der Waals surface area contributed by atoms with Crippen LogP contribution in [-0.4, -0.2) is 53.6 Å². The summed E-state index contributed by atoms with van der Waals surface area (Å²) in [4.78, 5) is 13.4. The fraction of sp³-hybridized carbons (Fsp3) is 0.562. The molecule has 0 saturated carbocycles. The zero-order valence-corrected chi connectivity index (χ0v) is 12.8. The normalized spacial score (nSPS) is 17.3. The van der Waals surface area contributed by atoms with Crippen molar-refractivity contribution in [2.24, 2.45) is 5.92 Å². The van der Waals surface area contributed by atoms with Gasteiger partial charge in [-0.15, -0.1) is 0 Å². The molecule has 0 spiro atoms. The lowest BCUT2D eigenvalue weighted by atomic mass is 9.98. The molecule has 122 valence electrons. The number of hydrogen-bond donors (Lipinski definition) is 4. The van der Waals surface area contributed by atoms with E-state index in [0.29, 0.717) is 11.6 Å². The highest BCUT2D eigenvalue weighted by Gasteiger charge is 2.19. The second-order valence-electron chi connectivity index (χ2n) is 5.92. The second kappa shape index (κ2) is 7.47. The number of aromatic carboxylic acids is 1. The first-order valence-corrected chi connectivity index (χ1v) is 7.66. The van der Waals surface area contributed by atoms with Gasteiger partial charge in [-0.25, -0.2) is 4.79 Å². The van der Waals surface area contributed by atoms with Gasteiger partial charge in [0.15, 0.2) is 0 Å². The Morgan fingerprint density at radius 1 is 1.41 bits per heavy atom. The van der Waals surface area contributed by atoms with Gasteiger partial charge in [-0.3, -0.25) is 0 Å². The second-order valence-corrected chi connectivity index (χ2v) is 5.92. The van der Waals surface area contributed by atoms with Crippen LogP contribution in [0.5, 0.6) is 0 Å². The van der Waals surface area contributed by atoms with Crippen LogP contribution in [0.3, 0.4) is 0 Å². The van der Waals surface area contributed by atoms with E-state index in [9.17, 15) is 9.90 Å². The first kappa shape index (κ1) is 16.6. The van der Waals surface area contributed by atoms with Crippen molar-refractivity contribution in [2.75, 3.05) is 36.5 Å². The van der Waals surface area contributed by atoms with Gasteiger partial charge in [-0.1, -0.05) is 6.92 Å². The molecular formula is C16H24N2O4. The Hall–Kier alpha value is -1.79. The van der Waals surface area contributed by atoms with Gasteiger partial charge >= 0.3 is 5.97 Å². The number of nitrogens with one attached hydrogen (secondary N) is 1. The van der Waals surface area contributed by atoms with Crippen LogP contribution < -0.4 is 10.2 Å². The van der Waals surface area contributed by atoms with Crippen LogP contribution in [0.1, 0.15) is 30.1 Å². The Kier molecular flexibility index (Phi) is 5.63. The molecule has 1 aliphatic heterocycles. The lowest BCUT2D eigenvalue weighted by molar-refractivity contribution is 0.0697. The number of carboxylic acids is 1. The number of piperidine rings is 1. The van der Waals surface area contributed by atoms with Gasteiger partial charge < -0.3 is 25.5 Å². The molecule has 1 saturated heterocycles. The van der Waals surface area contributed by atoms with Crippen molar-refractivity contribution in [3.63, 3.8) is 0 Å². The van der Waals surface area contributed by atoms with Gasteiger partial charge in [0.1, 0.15) is 0 Å². The lowest BCUT2D eigenvalue weighted by Gasteiger charge is -2.33. The molecule has 22 heavy (non-hydrogen) atoms. The van der Waals surface area contributed by atoms with E-state index in [1.807, 2.05) is 6.07 Å². The van der Waals surface area contributed by atoms with Crippen molar-refractivity contribution >= 4 is 17.3 Å². The molecule has 0 amide bonds. The van der Waals surface area contributed by atoms with Gasteiger partial charge in [-0.05, 0) is 37.0 Å². The molecule has 0 bridgehead atoms. The Bertz CT molecular complexity index is 513. The number of hydrogen-bond acceptors (Lipinski definition) is 5. The SMILES string of the molecule is CC1CCN(c2ccc(C(=O)O)cc2NCC(O)CO)CC1. The highest BCUT2D eigenvalue weighted by molar-refractivity contribution is 5.91. The van der Waals surface area contributed by atoms with Gasteiger partial charge in [-0.2, -0.15) is 0 Å². The number of benzene rings is 1. The summed E-state index contributed by atoms with van der Waals surface area (Å²) in [5.74, 6) is -0.272. The van der Waals surface area contributed by atoms with Gasteiger partial charge in [0.05, 0.1) is 29.6 Å². The van der Waals surface area contributed by atoms with Crippen LogP contribution in [0.2, 0.25) is 0 Å². The number of aliphatic hydroxyl groups is 2. The summed E-state index contributed by atoms with van der Waals surface area (Å²) >= 11 is 0.